The first-order valence-electron chi connectivity index (χ1n) is 27.9. The molecule has 0 fully saturated rings. The lowest BCUT2D eigenvalue weighted by atomic mass is 9.67. The lowest BCUT2D eigenvalue weighted by molar-refractivity contribution is 0.591. The van der Waals surface area contributed by atoms with Gasteiger partial charge < -0.3 is 8.80 Å². The lowest BCUT2D eigenvalue weighted by Crippen LogP contribution is -2.28. The third-order valence-electron chi connectivity index (χ3n) is 18.8. The molecule has 0 radical (unpaired) electrons. The van der Waals surface area contributed by atoms with Gasteiger partial charge in [0.15, 0.2) is 0 Å². The van der Waals surface area contributed by atoms with Crippen molar-refractivity contribution in [2.24, 2.45) is 0 Å². The minimum absolute atomic E-state index is 0.0545. The highest BCUT2D eigenvalue weighted by Crippen LogP contribution is 2.60. The second-order valence-corrected chi connectivity index (χ2v) is 24.7. The van der Waals surface area contributed by atoms with Crippen LogP contribution < -0.4 is 0 Å². The largest absolute Gasteiger partial charge is 0.308 e. The van der Waals surface area contributed by atoms with Crippen LogP contribution in [0.2, 0.25) is 0 Å². The van der Waals surface area contributed by atoms with Gasteiger partial charge in [0.2, 0.25) is 0 Å². The van der Waals surface area contributed by atoms with E-state index in [4.69, 9.17) is 0 Å². The molecular weight excluding hydrogens is 941 g/mol. The van der Waals surface area contributed by atoms with Crippen LogP contribution in [0.4, 0.5) is 0 Å². The van der Waals surface area contributed by atoms with Crippen molar-refractivity contribution in [1.29, 1.82) is 0 Å². The molecule has 2 aliphatic rings. The summed E-state index contributed by atoms with van der Waals surface area (Å²) in [7, 11) is 0. The van der Waals surface area contributed by atoms with Gasteiger partial charge in [-0.1, -0.05) is 236 Å². The van der Waals surface area contributed by atoms with Crippen molar-refractivity contribution >= 4 is 76.2 Å². The summed E-state index contributed by atoms with van der Waals surface area (Å²) in [5.41, 5.74) is 24.8. The van der Waals surface area contributed by atoms with E-state index in [-0.39, 0.29) is 10.8 Å². The Balaban J connectivity index is 1.06. The molecule has 2 aliphatic carbocycles. The summed E-state index contributed by atoms with van der Waals surface area (Å²) in [5, 5.41) is 10.5. The van der Waals surface area contributed by atoms with Crippen LogP contribution in [-0.2, 0) is 21.7 Å². The fourth-order valence-corrected chi connectivity index (χ4v) is 15.5. The SMILES string of the molecule is CC(C)(C)c1ccc2c(c1)c1c3c4ccc(C5(c6ccccc6)c6ccccc6-c6ccccc65)cc4n4c5ccc(C(C)(C)C)cc5c(c5c6ccc(C7(c8ccccc8)c8ccccc8-c8ccccc87)cc6n2c15)c34. The van der Waals surface area contributed by atoms with Crippen molar-refractivity contribution in [2.45, 2.75) is 63.2 Å². The molecule has 0 saturated carbocycles. The zero-order valence-corrected chi connectivity index (χ0v) is 44.8. The van der Waals surface area contributed by atoms with E-state index < -0.39 is 10.8 Å². The molecule has 0 N–H and O–H groups in total. The molecule has 11 aromatic carbocycles. The molecule has 0 spiro atoms. The highest BCUT2D eigenvalue weighted by Gasteiger charge is 2.48. The van der Waals surface area contributed by atoms with E-state index >= 15 is 0 Å². The van der Waals surface area contributed by atoms with Gasteiger partial charge in [-0.3, -0.25) is 0 Å². The van der Waals surface area contributed by atoms with E-state index in [1.54, 1.807) is 0 Å². The predicted octanol–water partition coefficient (Wildman–Crippen LogP) is 19.3. The van der Waals surface area contributed by atoms with Crippen LogP contribution in [0.3, 0.4) is 0 Å². The number of hydrogen-bond donors (Lipinski definition) is 0. The third kappa shape index (κ3) is 5.29. The van der Waals surface area contributed by atoms with Crippen LogP contribution in [0, 0.1) is 0 Å². The number of aromatic nitrogens is 2. The molecule has 4 heterocycles. The minimum Gasteiger partial charge on any atom is -0.308 e. The molecule has 0 unspecified atom stereocenters. The summed E-state index contributed by atoms with van der Waals surface area (Å²) in [4.78, 5) is 0. The Morgan fingerprint density at radius 3 is 0.936 bits per heavy atom. The Morgan fingerprint density at radius 2 is 0.590 bits per heavy atom. The minimum atomic E-state index is -0.530. The van der Waals surface area contributed by atoms with E-state index in [1.165, 1.54) is 154 Å². The molecule has 0 saturated heterocycles. The van der Waals surface area contributed by atoms with Gasteiger partial charge in [-0.05, 0) is 125 Å². The average molecular weight is 997 g/mol. The number of hydrogen-bond acceptors (Lipinski definition) is 0. The van der Waals surface area contributed by atoms with Crippen molar-refractivity contribution < 1.29 is 0 Å². The molecule has 15 aromatic rings. The number of fused-ring (bicyclic) bond motifs is 20. The van der Waals surface area contributed by atoms with Crippen LogP contribution in [0.1, 0.15) is 97.2 Å². The Hall–Kier alpha value is -8.98. The first-order chi connectivity index (χ1) is 38.0. The summed E-state index contributed by atoms with van der Waals surface area (Å²) in [6.45, 7) is 14.1. The summed E-state index contributed by atoms with van der Waals surface area (Å²) in [6.07, 6.45) is 0. The van der Waals surface area contributed by atoms with E-state index in [0.717, 1.165) is 0 Å². The normalized spacial score (nSPS) is 14.7. The van der Waals surface area contributed by atoms with E-state index in [9.17, 15) is 0 Å². The molecule has 0 atom stereocenters. The molecule has 0 bridgehead atoms. The topological polar surface area (TPSA) is 8.82 Å². The standard InChI is InChI=1S/C76H56N2/c1-73(2,3)47-35-39-63-57(41-47)69-67-55-37-33-50(76(46-23-11-8-12-24-46)61-31-19-15-27-53(61)54-28-16-20-32-62(54)76)44-66(55)78-64-40-36-48(74(4,5)6)42-58(64)70(72(67)78)68-56-38-34-49(43-65(56)77(63)71(68)69)75(45-21-9-7-10-22-45)59-29-17-13-25-51(59)52-26-14-18-30-60(52)75/h7-44H,1-6H3. The van der Waals surface area contributed by atoms with Crippen LogP contribution in [0.25, 0.3) is 98.4 Å². The van der Waals surface area contributed by atoms with E-state index in [2.05, 4.69) is 281 Å². The van der Waals surface area contributed by atoms with Gasteiger partial charge in [-0.2, -0.15) is 0 Å². The molecule has 370 valence electrons. The van der Waals surface area contributed by atoms with Crippen LogP contribution in [0.15, 0.2) is 231 Å². The maximum atomic E-state index is 2.67. The summed E-state index contributed by atoms with van der Waals surface area (Å²) >= 11 is 0. The first kappa shape index (κ1) is 44.2. The average Bonchev–Trinajstić information content (AvgIpc) is 3.29. The van der Waals surface area contributed by atoms with E-state index in [1.807, 2.05) is 0 Å². The highest BCUT2D eigenvalue weighted by molar-refractivity contribution is 6.45. The second-order valence-electron chi connectivity index (χ2n) is 24.7. The maximum Gasteiger partial charge on any atom is 0.0714 e. The molecule has 2 heteroatoms. The molecule has 0 amide bonds. The number of rotatable bonds is 4. The molecule has 17 rings (SSSR count). The Morgan fingerprint density at radius 1 is 0.269 bits per heavy atom. The Kier molecular flexibility index (Phi) is 8.46. The van der Waals surface area contributed by atoms with Gasteiger partial charge in [-0.15, -0.1) is 0 Å². The van der Waals surface area contributed by atoms with Crippen molar-refractivity contribution in [3.8, 4) is 22.3 Å². The van der Waals surface area contributed by atoms with Crippen molar-refractivity contribution in [3.63, 3.8) is 0 Å². The molecule has 4 aromatic heterocycles. The number of benzene rings is 11. The van der Waals surface area contributed by atoms with Crippen molar-refractivity contribution in [2.75, 3.05) is 0 Å². The monoisotopic (exact) mass is 996 g/mol. The fourth-order valence-electron chi connectivity index (χ4n) is 15.5. The van der Waals surface area contributed by atoms with Crippen molar-refractivity contribution in [1.82, 2.24) is 8.80 Å². The highest BCUT2D eigenvalue weighted by atomic mass is 14.9. The molecule has 78 heavy (non-hydrogen) atoms. The summed E-state index contributed by atoms with van der Waals surface area (Å²) in [6, 6.07) is 88.9. The van der Waals surface area contributed by atoms with Crippen LogP contribution in [-0.4, -0.2) is 8.80 Å². The molecule has 2 nitrogen and oxygen atoms in total. The van der Waals surface area contributed by atoms with Gasteiger partial charge >= 0.3 is 0 Å². The Labute approximate surface area is 454 Å². The smallest absolute Gasteiger partial charge is 0.0714 e. The maximum absolute atomic E-state index is 2.67. The van der Waals surface area contributed by atoms with Crippen molar-refractivity contribution in [3.05, 3.63) is 286 Å². The molecular formula is C76H56N2. The molecule has 0 aliphatic heterocycles. The quantitative estimate of drug-likeness (QED) is 0.166. The second kappa shape index (κ2) is 14.9. The lowest BCUT2D eigenvalue weighted by Gasteiger charge is -2.34. The third-order valence-corrected chi connectivity index (χ3v) is 18.8. The van der Waals surface area contributed by atoms with Gasteiger partial charge in [-0.25, -0.2) is 0 Å². The van der Waals surface area contributed by atoms with Crippen LogP contribution in [0.5, 0.6) is 0 Å². The van der Waals surface area contributed by atoms with Gasteiger partial charge in [0.05, 0.1) is 43.9 Å². The van der Waals surface area contributed by atoms with Crippen LogP contribution >= 0.6 is 0 Å². The van der Waals surface area contributed by atoms with Gasteiger partial charge in [0, 0.05) is 43.1 Å². The number of nitrogens with zero attached hydrogens (tertiary/aromatic N) is 2. The fraction of sp³-hybridized carbons (Fsp3) is 0.132. The van der Waals surface area contributed by atoms with Gasteiger partial charge in [0.25, 0.3) is 0 Å². The van der Waals surface area contributed by atoms with Gasteiger partial charge in [0.1, 0.15) is 0 Å². The Bertz CT molecular complexity index is 4620. The zero-order chi connectivity index (χ0) is 52.2. The van der Waals surface area contributed by atoms with E-state index in [0.29, 0.717) is 0 Å². The summed E-state index contributed by atoms with van der Waals surface area (Å²) < 4.78 is 5.35. The first-order valence-corrected chi connectivity index (χ1v) is 27.9. The zero-order valence-electron chi connectivity index (χ0n) is 44.8. The summed E-state index contributed by atoms with van der Waals surface area (Å²) in [5.74, 6) is 0. The predicted molar refractivity (Wildman–Crippen MR) is 328 cm³/mol.